The van der Waals surface area contributed by atoms with E-state index in [9.17, 15) is 4.79 Å². The highest BCUT2D eigenvalue weighted by Crippen LogP contribution is 2.45. The van der Waals surface area contributed by atoms with E-state index in [1.165, 1.54) is 25.1 Å². The molecule has 5 nitrogen and oxygen atoms in total. The third kappa shape index (κ3) is 2.52. The van der Waals surface area contributed by atoms with Gasteiger partial charge in [-0.3, -0.25) is 9.47 Å². The Morgan fingerprint density at radius 3 is 2.55 bits per heavy atom. The molecule has 2 fully saturated rings. The molecule has 5 heteroatoms. The van der Waals surface area contributed by atoms with Crippen LogP contribution in [0.15, 0.2) is 41.3 Å². The van der Waals surface area contributed by atoms with Gasteiger partial charge in [0.1, 0.15) is 5.82 Å². The zero-order valence-corrected chi connectivity index (χ0v) is 12.7. The lowest BCUT2D eigenvalue weighted by Crippen LogP contribution is -2.22. The minimum atomic E-state index is -0.265. The number of nitrogens with zero attached hydrogens (tertiary/aromatic N) is 3. The molecule has 0 bridgehead atoms. The molecule has 1 aliphatic heterocycles. The average Bonchev–Trinajstić information content (AvgIpc) is 3.15. The molecule has 1 N–H and O–H groups in total. The van der Waals surface area contributed by atoms with E-state index in [0.717, 1.165) is 24.1 Å². The van der Waals surface area contributed by atoms with Gasteiger partial charge in [-0.25, -0.2) is 4.79 Å². The van der Waals surface area contributed by atoms with Gasteiger partial charge in [0.25, 0.3) is 0 Å². The number of nitrogens with one attached hydrogen (secondary N) is 1. The van der Waals surface area contributed by atoms with Crippen LogP contribution in [0, 0.1) is 11.8 Å². The second-order valence-electron chi connectivity index (χ2n) is 6.33. The van der Waals surface area contributed by atoms with Crippen molar-refractivity contribution < 1.29 is 0 Å². The largest absolute Gasteiger partial charge is 0.373 e. The van der Waals surface area contributed by atoms with E-state index in [-0.39, 0.29) is 5.69 Å². The number of rotatable bonds is 4. The van der Waals surface area contributed by atoms with Crippen LogP contribution in [-0.2, 0) is 6.54 Å². The third-order valence-electron chi connectivity index (χ3n) is 4.73. The molecule has 2 heterocycles. The fraction of sp³-hybridized carbons (Fsp3) is 0.412. The van der Waals surface area contributed by atoms with E-state index in [0.29, 0.717) is 5.82 Å². The summed E-state index contributed by atoms with van der Waals surface area (Å²) in [6.07, 6.45) is 3.19. The van der Waals surface area contributed by atoms with Crippen LogP contribution in [0.3, 0.4) is 0 Å². The van der Waals surface area contributed by atoms with Gasteiger partial charge in [0, 0.05) is 32.9 Å². The summed E-state index contributed by atoms with van der Waals surface area (Å²) in [7, 11) is 1.75. The Labute approximate surface area is 129 Å². The molecule has 2 unspecified atom stereocenters. The highest BCUT2D eigenvalue weighted by Gasteiger charge is 2.44. The molecule has 0 amide bonds. The molecule has 1 saturated heterocycles. The van der Waals surface area contributed by atoms with Gasteiger partial charge in [-0.2, -0.15) is 4.98 Å². The maximum atomic E-state index is 12.0. The van der Waals surface area contributed by atoms with Crippen LogP contribution in [0.1, 0.15) is 12.0 Å². The summed E-state index contributed by atoms with van der Waals surface area (Å²) >= 11 is 0. The van der Waals surface area contributed by atoms with E-state index in [1.54, 1.807) is 23.9 Å². The van der Waals surface area contributed by atoms with Crippen LogP contribution >= 0.6 is 0 Å². The third-order valence-corrected chi connectivity index (χ3v) is 4.73. The highest BCUT2D eigenvalue weighted by atomic mass is 16.1. The smallest absolute Gasteiger partial charge is 0.354 e. The molecule has 0 radical (unpaired) electrons. The SMILES string of the molecule is CNc1ccn(-c2ccc(CN3CC4CC4C3)cc2)c(=O)n1. The Morgan fingerprint density at radius 1 is 1.18 bits per heavy atom. The quantitative estimate of drug-likeness (QED) is 0.933. The lowest BCUT2D eigenvalue weighted by molar-refractivity contribution is 0.297. The molecule has 114 valence electrons. The Morgan fingerprint density at radius 2 is 1.91 bits per heavy atom. The molecule has 2 aromatic rings. The normalized spacial score (nSPS) is 23.3. The van der Waals surface area contributed by atoms with E-state index >= 15 is 0 Å². The van der Waals surface area contributed by atoms with Gasteiger partial charge in [0.15, 0.2) is 0 Å². The number of aromatic nitrogens is 2. The maximum absolute atomic E-state index is 12.0. The summed E-state index contributed by atoms with van der Waals surface area (Å²) < 4.78 is 1.57. The summed E-state index contributed by atoms with van der Waals surface area (Å²) in [5, 5.41) is 2.87. The van der Waals surface area contributed by atoms with Crippen molar-refractivity contribution in [1.29, 1.82) is 0 Å². The number of fused-ring (bicyclic) bond motifs is 1. The molecule has 2 aliphatic rings. The first kappa shape index (κ1) is 13.5. The topological polar surface area (TPSA) is 50.2 Å². The molecule has 1 aromatic carbocycles. The van der Waals surface area contributed by atoms with Gasteiger partial charge >= 0.3 is 5.69 Å². The Bertz CT molecular complexity index is 727. The van der Waals surface area contributed by atoms with Gasteiger partial charge in [-0.05, 0) is 42.0 Å². The van der Waals surface area contributed by atoms with Crippen molar-refractivity contribution in [1.82, 2.24) is 14.5 Å². The number of hydrogen-bond acceptors (Lipinski definition) is 4. The molecule has 2 atom stereocenters. The first-order valence-corrected chi connectivity index (χ1v) is 7.82. The zero-order chi connectivity index (χ0) is 15.1. The highest BCUT2D eigenvalue weighted by molar-refractivity contribution is 5.37. The van der Waals surface area contributed by atoms with Crippen molar-refractivity contribution >= 4 is 5.82 Å². The van der Waals surface area contributed by atoms with Crippen molar-refractivity contribution in [2.75, 3.05) is 25.5 Å². The standard InChI is InChI=1S/C17H20N4O/c1-18-16-6-7-21(17(22)19-16)15-4-2-12(3-5-15)9-20-10-13-8-14(13)11-20/h2-7,13-14H,8-11H2,1H3,(H,18,19,22). The Kier molecular flexibility index (Phi) is 3.22. The predicted molar refractivity (Wildman–Crippen MR) is 86.3 cm³/mol. The number of piperidine rings is 1. The maximum Gasteiger partial charge on any atom is 0.354 e. The van der Waals surface area contributed by atoms with Crippen molar-refractivity contribution in [3.63, 3.8) is 0 Å². The zero-order valence-electron chi connectivity index (χ0n) is 12.7. The van der Waals surface area contributed by atoms with E-state index in [2.05, 4.69) is 27.3 Å². The lowest BCUT2D eigenvalue weighted by Gasteiger charge is -2.17. The monoisotopic (exact) mass is 296 g/mol. The summed E-state index contributed by atoms with van der Waals surface area (Å²) in [6.45, 7) is 3.52. The molecule has 4 rings (SSSR count). The number of likely N-dealkylation sites (tertiary alicyclic amines) is 1. The van der Waals surface area contributed by atoms with Gasteiger partial charge < -0.3 is 5.32 Å². The van der Waals surface area contributed by atoms with Crippen LogP contribution in [-0.4, -0.2) is 34.6 Å². The van der Waals surface area contributed by atoms with Gasteiger partial charge in [-0.15, -0.1) is 0 Å². The number of anilines is 1. The van der Waals surface area contributed by atoms with Crippen LogP contribution in [0.2, 0.25) is 0 Å². The second kappa shape index (κ2) is 5.25. The second-order valence-corrected chi connectivity index (χ2v) is 6.33. The Balaban J connectivity index is 1.50. The molecule has 1 saturated carbocycles. The summed E-state index contributed by atoms with van der Waals surface area (Å²) in [5.74, 6) is 2.52. The van der Waals surface area contributed by atoms with Crippen molar-refractivity contribution in [3.05, 3.63) is 52.6 Å². The summed E-state index contributed by atoms with van der Waals surface area (Å²) in [5.41, 5.74) is 1.89. The lowest BCUT2D eigenvalue weighted by atomic mass is 10.2. The van der Waals surface area contributed by atoms with E-state index < -0.39 is 0 Å². The van der Waals surface area contributed by atoms with Crippen molar-refractivity contribution in [2.24, 2.45) is 11.8 Å². The minimum Gasteiger partial charge on any atom is -0.373 e. The molecule has 22 heavy (non-hydrogen) atoms. The van der Waals surface area contributed by atoms with Crippen LogP contribution < -0.4 is 11.0 Å². The van der Waals surface area contributed by atoms with Crippen LogP contribution in [0.25, 0.3) is 5.69 Å². The fourth-order valence-electron chi connectivity index (χ4n) is 3.38. The predicted octanol–water partition coefficient (Wildman–Crippen LogP) is 1.73. The van der Waals surface area contributed by atoms with Crippen molar-refractivity contribution in [2.45, 2.75) is 13.0 Å². The van der Waals surface area contributed by atoms with Crippen LogP contribution in [0.5, 0.6) is 0 Å². The summed E-state index contributed by atoms with van der Waals surface area (Å²) in [6, 6.07) is 10.0. The number of hydrogen-bond donors (Lipinski definition) is 1. The molecule has 0 spiro atoms. The van der Waals surface area contributed by atoms with E-state index in [4.69, 9.17) is 0 Å². The first-order valence-electron chi connectivity index (χ1n) is 7.82. The molecule has 1 aromatic heterocycles. The Hall–Kier alpha value is -2.14. The van der Waals surface area contributed by atoms with Gasteiger partial charge in [0.2, 0.25) is 0 Å². The van der Waals surface area contributed by atoms with Gasteiger partial charge in [0.05, 0.1) is 5.69 Å². The number of benzene rings is 1. The first-order chi connectivity index (χ1) is 10.7. The fourth-order valence-corrected chi connectivity index (χ4v) is 3.38. The van der Waals surface area contributed by atoms with Crippen molar-refractivity contribution in [3.8, 4) is 5.69 Å². The molecule has 1 aliphatic carbocycles. The minimum absolute atomic E-state index is 0.265. The summed E-state index contributed by atoms with van der Waals surface area (Å²) in [4.78, 5) is 18.5. The molecular weight excluding hydrogens is 276 g/mol. The average molecular weight is 296 g/mol. The van der Waals surface area contributed by atoms with Gasteiger partial charge in [-0.1, -0.05) is 12.1 Å². The van der Waals surface area contributed by atoms with E-state index in [1.807, 2.05) is 12.1 Å². The molecular formula is C17H20N4O. The van der Waals surface area contributed by atoms with Crippen LogP contribution in [0.4, 0.5) is 5.82 Å².